The lowest BCUT2D eigenvalue weighted by molar-refractivity contribution is -0.118. The van der Waals surface area contributed by atoms with Crippen LogP contribution in [0.4, 0.5) is 0 Å². The maximum Gasteiger partial charge on any atom is 0.140 e. The van der Waals surface area contributed by atoms with Crippen molar-refractivity contribution in [2.45, 2.75) is 45.6 Å². The monoisotopic (exact) mass is 270 g/mol. The van der Waals surface area contributed by atoms with Crippen molar-refractivity contribution in [2.75, 3.05) is 0 Å². The first-order valence-electron chi connectivity index (χ1n) is 7.35. The molecule has 1 aromatic carbocycles. The Balaban J connectivity index is 1.76. The van der Waals surface area contributed by atoms with Crippen LogP contribution in [-0.2, 0) is 24.2 Å². The van der Waals surface area contributed by atoms with Crippen molar-refractivity contribution >= 4 is 5.78 Å². The molecule has 0 bridgehead atoms. The molecular weight excluding hydrogens is 248 g/mol. The molecule has 0 amide bonds. The number of carbonyl (C=O) groups excluding carboxylic acids is 1. The molecule has 0 aliphatic carbocycles. The fourth-order valence-electron chi connectivity index (χ4n) is 2.35. The van der Waals surface area contributed by atoms with Crippen molar-refractivity contribution in [3.63, 3.8) is 0 Å². The smallest absolute Gasteiger partial charge is 0.140 e. The van der Waals surface area contributed by atoms with Gasteiger partial charge >= 0.3 is 0 Å². The number of nitrogens with zero attached hydrogens (tertiary/aromatic N) is 2. The molecular formula is C17H22N2O. The zero-order chi connectivity index (χ0) is 14.2. The average molecular weight is 270 g/mol. The predicted octanol–water partition coefficient (Wildman–Crippen LogP) is 3.43. The van der Waals surface area contributed by atoms with E-state index in [-0.39, 0.29) is 5.78 Å². The molecule has 1 heterocycles. The minimum absolute atomic E-state index is 0.282. The van der Waals surface area contributed by atoms with Crippen LogP contribution in [0.1, 0.15) is 37.6 Å². The molecule has 0 spiro atoms. The number of benzene rings is 1. The summed E-state index contributed by atoms with van der Waals surface area (Å²) in [5.74, 6) is 1.18. The van der Waals surface area contributed by atoms with Gasteiger partial charge in [0.2, 0.25) is 0 Å². The first kappa shape index (κ1) is 14.5. The Morgan fingerprint density at radius 2 is 2.05 bits per heavy atom. The maximum atomic E-state index is 12.0. The zero-order valence-corrected chi connectivity index (χ0v) is 12.1. The van der Waals surface area contributed by atoms with Crippen molar-refractivity contribution < 1.29 is 4.79 Å². The molecule has 0 atom stereocenters. The zero-order valence-electron chi connectivity index (χ0n) is 12.1. The van der Waals surface area contributed by atoms with Crippen molar-refractivity contribution in [3.8, 4) is 0 Å². The minimum Gasteiger partial charge on any atom is -0.335 e. The van der Waals surface area contributed by atoms with Gasteiger partial charge in [-0.05, 0) is 24.8 Å². The number of ketones is 1. The van der Waals surface area contributed by atoms with Gasteiger partial charge in [0.1, 0.15) is 11.6 Å². The second-order valence-corrected chi connectivity index (χ2v) is 5.09. The molecule has 106 valence electrons. The Morgan fingerprint density at radius 1 is 1.25 bits per heavy atom. The SMILES string of the molecule is CCCn1ccnc1CC(=O)CCCc1ccccc1. The average Bonchev–Trinajstić information content (AvgIpc) is 2.88. The summed E-state index contributed by atoms with van der Waals surface area (Å²) in [6, 6.07) is 10.3. The summed E-state index contributed by atoms with van der Waals surface area (Å²) in [5, 5.41) is 0. The molecule has 0 aliphatic rings. The van der Waals surface area contributed by atoms with Crippen LogP contribution in [0.25, 0.3) is 0 Å². The highest BCUT2D eigenvalue weighted by atomic mass is 16.1. The topological polar surface area (TPSA) is 34.9 Å². The molecule has 0 N–H and O–H groups in total. The number of hydrogen-bond donors (Lipinski definition) is 0. The molecule has 0 saturated heterocycles. The molecule has 0 unspecified atom stereocenters. The Labute approximate surface area is 120 Å². The lowest BCUT2D eigenvalue weighted by atomic mass is 10.1. The van der Waals surface area contributed by atoms with E-state index in [2.05, 4.69) is 28.6 Å². The van der Waals surface area contributed by atoms with E-state index in [0.29, 0.717) is 12.8 Å². The summed E-state index contributed by atoms with van der Waals surface area (Å²) in [5.41, 5.74) is 1.30. The Bertz CT molecular complexity index is 531. The highest BCUT2D eigenvalue weighted by Crippen LogP contribution is 2.07. The number of aryl methyl sites for hydroxylation is 2. The maximum absolute atomic E-state index is 12.0. The molecule has 2 aromatic rings. The fourth-order valence-corrected chi connectivity index (χ4v) is 2.35. The third kappa shape index (κ3) is 4.34. The van der Waals surface area contributed by atoms with Crippen LogP contribution in [0.15, 0.2) is 42.7 Å². The van der Waals surface area contributed by atoms with E-state index < -0.39 is 0 Å². The first-order chi connectivity index (χ1) is 9.79. The highest BCUT2D eigenvalue weighted by Gasteiger charge is 2.08. The van der Waals surface area contributed by atoms with Gasteiger partial charge in [-0.1, -0.05) is 37.3 Å². The standard InChI is InChI=1S/C17H22N2O/c1-2-12-19-13-11-18-17(19)14-16(20)10-6-9-15-7-4-3-5-8-15/h3-5,7-8,11,13H,2,6,9-10,12,14H2,1H3. The van der Waals surface area contributed by atoms with Crippen molar-refractivity contribution in [1.82, 2.24) is 9.55 Å². The number of aromatic nitrogens is 2. The van der Waals surface area contributed by atoms with Crippen molar-refractivity contribution in [2.24, 2.45) is 0 Å². The summed E-state index contributed by atoms with van der Waals surface area (Å²) in [7, 11) is 0. The summed E-state index contributed by atoms with van der Waals surface area (Å²) in [6.07, 6.45) is 7.77. The van der Waals surface area contributed by atoms with Crippen LogP contribution in [0.5, 0.6) is 0 Å². The van der Waals surface area contributed by atoms with Crippen molar-refractivity contribution in [1.29, 1.82) is 0 Å². The van der Waals surface area contributed by atoms with Gasteiger partial charge in [0.15, 0.2) is 0 Å². The summed E-state index contributed by atoms with van der Waals surface area (Å²) >= 11 is 0. The molecule has 1 aromatic heterocycles. The van der Waals surface area contributed by atoms with E-state index in [9.17, 15) is 4.79 Å². The van der Waals surface area contributed by atoms with Gasteiger partial charge in [-0.3, -0.25) is 4.79 Å². The summed E-state index contributed by atoms with van der Waals surface area (Å²) in [4.78, 5) is 16.3. The molecule has 3 heteroatoms. The van der Waals surface area contributed by atoms with E-state index in [4.69, 9.17) is 0 Å². The van der Waals surface area contributed by atoms with Gasteiger partial charge in [-0.15, -0.1) is 0 Å². The third-order valence-electron chi connectivity index (χ3n) is 3.39. The highest BCUT2D eigenvalue weighted by molar-refractivity contribution is 5.80. The second-order valence-electron chi connectivity index (χ2n) is 5.09. The van der Waals surface area contributed by atoms with E-state index in [1.807, 2.05) is 24.4 Å². The van der Waals surface area contributed by atoms with E-state index in [0.717, 1.165) is 31.6 Å². The minimum atomic E-state index is 0.282. The normalized spacial score (nSPS) is 10.7. The van der Waals surface area contributed by atoms with Gasteiger partial charge in [0, 0.05) is 25.4 Å². The van der Waals surface area contributed by atoms with Crippen LogP contribution >= 0.6 is 0 Å². The molecule has 0 fully saturated rings. The van der Waals surface area contributed by atoms with Crippen LogP contribution in [0.2, 0.25) is 0 Å². The van der Waals surface area contributed by atoms with Gasteiger partial charge in [0.05, 0.1) is 6.42 Å². The van der Waals surface area contributed by atoms with Crippen LogP contribution in [0, 0.1) is 0 Å². The molecule has 0 radical (unpaired) electrons. The molecule has 0 saturated carbocycles. The third-order valence-corrected chi connectivity index (χ3v) is 3.39. The fraction of sp³-hybridized carbons (Fsp3) is 0.412. The van der Waals surface area contributed by atoms with Crippen LogP contribution in [0.3, 0.4) is 0 Å². The van der Waals surface area contributed by atoms with Crippen LogP contribution in [-0.4, -0.2) is 15.3 Å². The number of rotatable bonds is 8. The lowest BCUT2D eigenvalue weighted by Crippen LogP contribution is -2.10. The van der Waals surface area contributed by atoms with Gasteiger partial charge in [0.25, 0.3) is 0 Å². The van der Waals surface area contributed by atoms with Gasteiger partial charge in [-0.2, -0.15) is 0 Å². The molecule has 20 heavy (non-hydrogen) atoms. The number of Topliss-reactive ketones (excluding diaryl/α,β-unsaturated/α-hetero) is 1. The number of carbonyl (C=O) groups is 1. The first-order valence-corrected chi connectivity index (χ1v) is 7.35. The number of imidazole rings is 1. The largest absolute Gasteiger partial charge is 0.335 e. The Hall–Kier alpha value is -1.90. The van der Waals surface area contributed by atoms with E-state index >= 15 is 0 Å². The van der Waals surface area contributed by atoms with Crippen molar-refractivity contribution in [3.05, 3.63) is 54.1 Å². The predicted molar refractivity (Wildman–Crippen MR) is 80.6 cm³/mol. The second kappa shape index (κ2) is 7.63. The number of hydrogen-bond acceptors (Lipinski definition) is 2. The quantitative estimate of drug-likeness (QED) is 0.736. The Morgan fingerprint density at radius 3 is 2.80 bits per heavy atom. The molecule has 0 aliphatic heterocycles. The van der Waals surface area contributed by atoms with Gasteiger partial charge < -0.3 is 4.57 Å². The summed E-state index contributed by atoms with van der Waals surface area (Å²) in [6.45, 7) is 3.07. The van der Waals surface area contributed by atoms with Gasteiger partial charge in [-0.25, -0.2) is 4.98 Å². The molecule has 3 nitrogen and oxygen atoms in total. The summed E-state index contributed by atoms with van der Waals surface area (Å²) < 4.78 is 2.08. The Kier molecular flexibility index (Phi) is 5.54. The van der Waals surface area contributed by atoms with E-state index in [1.54, 1.807) is 6.20 Å². The lowest BCUT2D eigenvalue weighted by Gasteiger charge is -2.05. The molecule has 2 rings (SSSR count). The van der Waals surface area contributed by atoms with E-state index in [1.165, 1.54) is 5.56 Å². The van der Waals surface area contributed by atoms with Crippen LogP contribution < -0.4 is 0 Å².